The predicted octanol–water partition coefficient (Wildman–Crippen LogP) is 3.83. The van der Waals surface area contributed by atoms with Gasteiger partial charge in [-0.25, -0.2) is 9.78 Å². The van der Waals surface area contributed by atoms with E-state index in [1.165, 1.54) is 12.8 Å². The highest BCUT2D eigenvalue weighted by Crippen LogP contribution is 2.32. The van der Waals surface area contributed by atoms with E-state index in [0.29, 0.717) is 25.7 Å². The molecule has 3 rings (SSSR count). The number of nitrogens with zero attached hydrogens (tertiary/aromatic N) is 3. The van der Waals surface area contributed by atoms with Crippen LogP contribution in [0, 0.1) is 5.92 Å². The Bertz CT molecular complexity index is 637. The number of halogens is 1. The van der Waals surface area contributed by atoms with Gasteiger partial charge in [0.1, 0.15) is 10.2 Å². The van der Waals surface area contributed by atoms with Gasteiger partial charge in [-0.2, -0.15) is 0 Å². The Morgan fingerprint density at radius 3 is 2.65 bits per heavy atom. The molecule has 1 aromatic rings. The van der Waals surface area contributed by atoms with Gasteiger partial charge in [-0.3, -0.25) is 0 Å². The molecular formula is C19H28BrN3O3. The number of amides is 1. The second-order valence-corrected chi connectivity index (χ2v) is 8.82. The summed E-state index contributed by atoms with van der Waals surface area (Å²) < 4.78 is 11.9. The summed E-state index contributed by atoms with van der Waals surface area (Å²) in [5.74, 6) is 0.585. The Morgan fingerprint density at radius 1 is 1.35 bits per heavy atom. The Kier molecular flexibility index (Phi) is 6.07. The standard InChI is InChI=1S/C19H28BrN3O3/c1-19(2,3)26-18(24)23(12-14-4-5-14)13-15-16(6-7-17(20)21-15)22-8-10-25-11-9-22/h6-7,14H,4-5,8-13H2,1-3H3. The third-order valence-corrected chi connectivity index (χ3v) is 4.88. The fourth-order valence-corrected chi connectivity index (χ4v) is 3.35. The van der Waals surface area contributed by atoms with Crippen molar-refractivity contribution in [3.8, 4) is 0 Å². The van der Waals surface area contributed by atoms with Crippen molar-refractivity contribution in [2.75, 3.05) is 37.7 Å². The van der Waals surface area contributed by atoms with Crippen LogP contribution in [0.4, 0.5) is 10.5 Å². The lowest BCUT2D eigenvalue weighted by Gasteiger charge is -2.32. The van der Waals surface area contributed by atoms with E-state index in [9.17, 15) is 4.79 Å². The number of rotatable bonds is 5. The minimum absolute atomic E-state index is 0.265. The highest BCUT2D eigenvalue weighted by atomic mass is 79.9. The molecule has 1 saturated heterocycles. The van der Waals surface area contributed by atoms with E-state index < -0.39 is 5.60 Å². The lowest BCUT2D eigenvalue weighted by Crippen LogP contribution is -2.40. The van der Waals surface area contributed by atoms with Crippen molar-refractivity contribution >= 4 is 27.7 Å². The van der Waals surface area contributed by atoms with E-state index >= 15 is 0 Å². The Balaban J connectivity index is 1.80. The number of carbonyl (C=O) groups is 1. The summed E-state index contributed by atoms with van der Waals surface area (Å²) in [5.41, 5.74) is 1.46. The topological polar surface area (TPSA) is 54.9 Å². The van der Waals surface area contributed by atoms with Crippen LogP contribution in [-0.2, 0) is 16.0 Å². The van der Waals surface area contributed by atoms with Gasteiger partial charge in [0.2, 0.25) is 0 Å². The van der Waals surface area contributed by atoms with E-state index in [1.54, 1.807) is 0 Å². The summed E-state index contributed by atoms with van der Waals surface area (Å²) in [4.78, 5) is 21.5. The first-order chi connectivity index (χ1) is 12.3. The molecule has 2 fully saturated rings. The number of hydrogen-bond acceptors (Lipinski definition) is 5. The molecular weight excluding hydrogens is 398 g/mol. The van der Waals surface area contributed by atoms with Crippen LogP contribution in [0.25, 0.3) is 0 Å². The molecule has 1 aromatic heterocycles. The fraction of sp³-hybridized carbons (Fsp3) is 0.684. The molecule has 1 aliphatic carbocycles. The molecule has 0 unspecified atom stereocenters. The molecule has 6 nitrogen and oxygen atoms in total. The van der Waals surface area contributed by atoms with Gasteiger partial charge >= 0.3 is 6.09 Å². The van der Waals surface area contributed by atoms with Crippen molar-refractivity contribution in [1.82, 2.24) is 9.88 Å². The Morgan fingerprint density at radius 2 is 2.04 bits per heavy atom. The summed E-state index contributed by atoms with van der Waals surface area (Å²) in [6, 6.07) is 4.02. The minimum Gasteiger partial charge on any atom is -0.444 e. The Labute approximate surface area is 164 Å². The van der Waals surface area contributed by atoms with Crippen molar-refractivity contribution < 1.29 is 14.3 Å². The van der Waals surface area contributed by atoms with E-state index in [4.69, 9.17) is 9.47 Å². The van der Waals surface area contributed by atoms with E-state index in [0.717, 1.165) is 35.6 Å². The van der Waals surface area contributed by atoms with Gasteiger partial charge in [-0.05, 0) is 67.6 Å². The van der Waals surface area contributed by atoms with Gasteiger partial charge in [0, 0.05) is 19.6 Å². The van der Waals surface area contributed by atoms with Crippen LogP contribution in [0.3, 0.4) is 0 Å². The third-order valence-electron chi connectivity index (χ3n) is 4.44. The molecule has 0 N–H and O–H groups in total. The molecule has 26 heavy (non-hydrogen) atoms. The summed E-state index contributed by atoms with van der Waals surface area (Å²) in [6.45, 7) is 9.99. The highest BCUT2D eigenvalue weighted by Gasteiger charge is 2.30. The van der Waals surface area contributed by atoms with Crippen LogP contribution in [-0.4, -0.2) is 54.4 Å². The number of pyridine rings is 1. The van der Waals surface area contributed by atoms with Crippen molar-refractivity contribution in [2.24, 2.45) is 5.92 Å². The third kappa shape index (κ3) is 5.58. The minimum atomic E-state index is -0.503. The first kappa shape index (κ1) is 19.4. The molecule has 0 aromatic carbocycles. The van der Waals surface area contributed by atoms with Gasteiger partial charge in [-0.15, -0.1) is 0 Å². The molecule has 0 bridgehead atoms. The number of carbonyl (C=O) groups excluding carboxylic acids is 1. The zero-order chi connectivity index (χ0) is 18.7. The average Bonchev–Trinajstić information content (AvgIpc) is 3.38. The average molecular weight is 426 g/mol. The van der Waals surface area contributed by atoms with Crippen molar-refractivity contribution in [1.29, 1.82) is 0 Å². The molecule has 0 atom stereocenters. The van der Waals surface area contributed by atoms with Crippen LogP contribution < -0.4 is 4.90 Å². The molecule has 144 valence electrons. The normalized spacial score (nSPS) is 17.9. The van der Waals surface area contributed by atoms with Gasteiger partial charge in [-0.1, -0.05) is 0 Å². The molecule has 1 amide bonds. The molecule has 1 aliphatic heterocycles. The summed E-state index contributed by atoms with van der Waals surface area (Å²) in [5, 5.41) is 0. The fourth-order valence-electron chi connectivity index (χ4n) is 3.00. The van der Waals surface area contributed by atoms with E-state index in [2.05, 4.69) is 31.9 Å². The maximum Gasteiger partial charge on any atom is 0.410 e. The number of morpholine rings is 1. The van der Waals surface area contributed by atoms with Crippen molar-refractivity contribution in [3.05, 3.63) is 22.4 Å². The Hall–Kier alpha value is -1.34. The highest BCUT2D eigenvalue weighted by molar-refractivity contribution is 9.10. The van der Waals surface area contributed by atoms with Crippen LogP contribution in [0.5, 0.6) is 0 Å². The van der Waals surface area contributed by atoms with Crippen LogP contribution in [0.2, 0.25) is 0 Å². The molecule has 7 heteroatoms. The SMILES string of the molecule is CC(C)(C)OC(=O)N(Cc1nc(Br)ccc1N1CCOCC1)CC1CC1. The smallest absolute Gasteiger partial charge is 0.410 e. The van der Waals surface area contributed by atoms with Crippen LogP contribution in [0.15, 0.2) is 16.7 Å². The molecule has 0 spiro atoms. The van der Waals surface area contributed by atoms with Crippen molar-refractivity contribution in [2.45, 2.75) is 45.8 Å². The molecule has 1 saturated carbocycles. The summed E-state index contributed by atoms with van der Waals surface area (Å²) in [6.07, 6.45) is 2.10. The van der Waals surface area contributed by atoms with Gasteiger partial charge in [0.25, 0.3) is 0 Å². The quantitative estimate of drug-likeness (QED) is 0.670. The number of anilines is 1. The molecule has 2 heterocycles. The van der Waals surface area contributed by atoms with E-state index in [-0.39, 0.29) is 6.09 Å². The maximum absolute atomic E-state index is 12.7. The summed E-state index contributed by atoms with van der Waals surface area (Å²) in [7, 11) is 0. The zero-order valence-electron chi connectivity index (χ0n) is 15.8. The van der Waals surface area contributed by atoms with Crippen LogP contribution in [0.1, 0.15) is 39.3 Å². The lowest BCUT2D eigenvalue weighted by atomic mass is 10.2. The van der Waals surface area contributed by atoms with Crippen molar-refractivity contribution in [3.63, 3.8) is 0 Å². The molecule has 2 aliphatic rings. The first-order valence-corrected chi connectivity index (χ1v) is 10.1. The maximum atomic E-state index is 12.7. The van der Waals surface area contributed by atoms with Gasteiger partial charge < -0.3 is 19.3 Å². The monoisotopic (exact) mass is 425 g/mol. The number of hydrogen-bond donors (Lipinski definition) is 0. The number of aromatic nitrogens is 1. The van der Waals surface area contributed by atoms with Crippen LogP contribution >= 0.6 is 15.9 Å². The first-order valence-electron chi connectivity index (χ1n) is 9.28. The lowest BCUT2D eigenvalue weighted by molar-refractivity contribution is 0.0222. The summed E-state index contributed by atoms with van der Waals surface area (Å²) >= 11 is 3.47. The van der Waals surface area contributed by atoms with Gasteiger partial charge in [0.05, 0.1) is 31.1 Å². The second kappa shape index (κ2) is 8.13. The van der Waals surface area contributed by atoms with Gasteiger partial charge in [0.15, 0.2) is 0 Å². The zero-order valence-corrected chi connectivity index (χ0v) is 17.4. The number of ether oxygens (including phenoxy) is 2. The largest absolute Gasteiger partial charge is 0.444 e. The van der Waals surface area contributed by atoms with E-state index in [1.807, 2.05) is 31.7 Å². The molecule has 0 radical (unpaired) electrons. The second-order valence-electron chi connectivity index (χ2n) is 8.00. The predicted molar refractivity (Wildman–Crippen MR) is 104 cm³/mol.